The van der Waals surface area contributed by atoms with Crippen LogP contribution in [-0.2, 0) is 33.2 Å². The first-order valence-electron chi connectivity index (χ1n) is 11.5. The number of rotatable bonds is 8. The van der Waals surface area contributed by atoms with Gasteiger partial charge in [-0.2, -0.15) is 8.42 Å². The molecule has 0 bridgehead atoms. The van der Waals surface area contributed by atoms with E-state index in [1.54, 1.807) is 54.6 Å². The van der Waals surface area contributed by atoms with E-state index in [0.717, 1.165) is 6.26 Å². The Hall–Kier alpha value is -4.06. The summed E-state index contributed by atoms with van der Waals surface area (Å²) in [7, 11) is -4.20. The molecule has 1 fully saturated rings. The number of benzene rings is 3. The van der Waals surface area contributed by atoms with Crippen LogP contribution in [0.25, 0.3) is 0 Å². The molecule has 0 radical (unpaired) electrons. The maximum atomic E-state index is 13.0. The minimum Gasteiger partial charge on any atom is -0.452 e. The molecule has 3 aromatic carbocycles. The molecule has 1 heterocycles. The molecule has 1 saturated heterocycles. The van der Waals surface area contributed by atoms with Crippen molar-refractivity contribution in [3.63, 3.8) is 0 Å². The normalized spacial score (nSPS) is 21.2. The van der Waals surface area contributed by atoms with Crippen molar-refractivity contribution < 1.29 is 45.9 Å². The van der Waals surface area contributed by atoms with Crippen LogP contribution in [0, 0.1) is 0 Å². The fourth-order valence-corrected chi connectivity index (χ4v) is 4.29. The van der Waals surface area contributed by atoms with Gasteiger partial charge in [0.15, 0.2) is 18.3 Å². The van der Waals surface area contributed by atoms with Crippen LogP contribution in [0.5, 0.6) is 0 Å². The number of carbonyl (C=O) groups is 3. The van der Waals surface area contributed by atoms with Crippen LogP contribution in [0.3, 0.4) is 0 Å². The molecule has 198 valence electrons. The summed E-state index contributed by atoms with van der Waals surface area (Å²) in [5, 5.41) is 0. The van der Waals surface area contributed by atoms with Crippen molar-refractivity contribution in [2.45, 2.75) is 24.6 Å². The third-order valence-corrected chi connectivity index (χ3v) is 5.99. The molecule has 0 aromatic heterocycles. The lowest BCUT2D eigenvalue weighted by Gasteiger charge is -2.39. The molecule has 1 aliphatic rings. The highest BCUT2D eigenvalue weighted by Crippen LogP contribution is 2.28. The average Bonchev–Trinajstić information content (AvgIpc) is 2.92. The summed E-state index contributed by atoms with van der Waals surface area (Å²) in [6.45, 7) is -0.387. The van der Waals surface area contributed by atoms with Gasteiger partial charge in [-0.3, -0.25) is 4.18 Å². The Morgan fingerprint density at radius 3 is 1.53 bits per heavy atom. The summed E-state index contributed by atoms with van der Waals surface area (Å²) in [5.41, 5.74) is 0.534. The fraction of sp³-hybridized carbons (Fsp3) is 0.222. The molecular weight excluding hydrogens is 516 g/mol. The molecule has 10 nitrogen and oxygen atoms in total. The Morgan fingerprint density at radius 2 is 1.08 bits per heavy atom. The SMILES string of the molecule is CS(=O)(=O)O[C@@H]1[C@H](OC(=O)c2ccccc2)OC[C@@H](OC(=O)c2ccccc2)[C@H]1OC(=O)c1ccccc1. The van der Waals surface area contributed by atoms with E-state index < -0.39 is 52.6 Å². The minimum absolute atomic E-state index is 0.156. The van der Waals surface area contributed by atoms with Crippen molar-refractivity contribution in [2.75, 3.05) is 12.9 Å². The van der Waals surface area contributed by atoms with Gasteiger partial charge in [0.1, 0.15) is 0 Å². The summed E-state index contributed by atoms with van der Waals surface area (Å²) >= 11 is 0. The third-order valence-electron chi connectivity index (χ3n) is 5.42. The molecule has 0 amide bonds. The van der Waals surface area contributed by atoms with Gasteiger partial charge in [-0.25, -0.2) is 14.4 Å². The zero-order chi connectivity index (χ0) is 27.1. The molecule has 0 unspecified atom stereocenters. The quantitative estimate of drug-likeness (QED) is 0.239. The predicted octanol–water partition coefficient (Wildman–Crippen LogP) is 3.00. The van der Waals surface area contributed by atoms with Gasteiger partial charge in [0.2, 0.25) is 6.29 Å². The summed E-state index contributed by atoms with van der Waals surface area (Å²) in [6.07, 6.45) is -5.34. The third kappa shape index (κ3) is 7.03. The van der Waals surface area contributed by atoms with Crippen molar-refractivity contribution in [3.05, 3.63) is 108 Å². The molecule has 0 aliphatic carbocycles. The van der Waals surface area contributed by atoms with E-state index in [0.29, 0.717) is 0 Å². The lowest BCUT2D eigenvalue weighted by molar-refractivity contribution is -0.243. The molecule has 38 heavy (non-hydrogen) atoms. The van der Waals surface area contributed by atoms with Gasteiger partial charge in [-0.05, 0) is 36.4 Å². The topological polar surface area (TPSA) is 132 Å². The van der Waals surface area contributed by atoms with Crippen LogP contribution in [-0.4, -0.2) is 63.8 Å². The standard InChI is InChI=1S/C27H24O10S/c1-38(31,32)37-23-22(35-25(29)19-13-7-3-8-14-19)21(34-24(28)18-11-5-2-6-12-18)17-33-27(23)36-26(30)20-15-9-4-10-16-20/h2-16,21-23,27H,17H2,1H3/t21-,22-,23+,27+/m1/s1. The second kappa shape index (κ2) is 12.0. The van der Waals surface area contributed by atoms with Crippen molar-refractivity contribution in [1.82, 2.24) is 0 Å². The fourth-order valence-electron chi connectivity index (χ4n) is 3.69. The zero-order valence-corrected chi connectivity index (χ0v) is 21.0. The molecule has 1 aliphatic heterocycles. The Labute approximate surface area is 219 Å². The maximum Gasteiger partial charge on any atom is 0.340 e. The van der Waals surface area contributed by atoms with Gasteiger partial charge in [0, 0.05) is 0 Å². The highest BCUT2D eigenvalue weighted by molar-refractivity contribution is 7.86. The Bertz CT molecular complexity index is 1360. The van der Waals surface area contributed by atoms with Crippen LogP contribution < -0.4 is 0 Å². The van der Waals surface area contributed by atoms with Crippen LogP contribution in [0.1, 0.15) is 31.1 Å². The largest absolute Gasteiger partial charge is 0.452 e. The van der Waals surface area contributed by atoms with Crippen LogP contribution in [0.2, 0.25) is 0 Å². The van der Waals surface area contributed by atoms with E-state index in [2.05, 4.69) is 0 Å². The monoisotopic (exact) mass is 540 g/mol. The average molecular weight is 541 g/mol. The first-order valence-corrected chi connectivity index (χ1v) is 13.3. The molecule has 4 rings (SSSR count). The predicted molar refractivity (Wildman–Crippen MR) is 133 cm³/mol. The second-order valence-electron chi connectivity index (χ2n) is 8.28. The van der Waals surface area contributed by atoms with Gasteiger partial charge in [0.25, 0.3) is 10.1 Å². The Kier molecular flexibility index (Phi) is 8.52. The number of hydrogen-bond acceptors (Lipinski definition) is 10. The van der Waals surface area contributed by atoms with Crippen molar-refractivity contribution in [1.29, 1.82) is 0 Å². The molecule has 0 spiro atoms. The molecule has 0 N–H and O–H groups in total. The number of esters is 3. The van der Waals surface area contributed by atoms with Gasteiger partial charge < -0.3 is 18.9 Å². The number of ether oxygens (including phenoxy) is 4. The molecule has 0 saturated carbocycles. The minimum atomic E-state index is -4.20. The van der Waals surface area contributed by atoms with Crippen LogP contribution in [0.15, 0.2) is 91.0 Å². The smallest absolute Gasteiger partial charge is 0.340 e. The molecule has 3 aromatic rings. The van der Waals surface area contributed by atoms with Gasteiger partial charge in [-0.1, -0.05) is 54.6 Å². The zero-order valence-electron chi connectivity index (χ0n) is 20.2. The van der Waals surface area contributed by atoms with Gasteiger partial charge >= 0.3 is 17.9 Å². The van der Waals surface area contributed by atoms with E-state index >= 15 is 0 Å². The maximum absolute atomic E-state index is 13.0. The van der Waals surface area contributed by atoms with Gasteiger partial charge in [-0.15, -0.1) is 0 Å². The highest BCUT2D eigenvalue weighted by Gasteiger charge is 2.49. The van der Waals surface area contributed by atoms with Crippen LogP contribution in [0.4, 0.5) is 0 Å². The van der Waals surface area contributed by atoms with Crippen molar-refractivity contribution in [2.24, 2.45) is 0 Å². The van der Waals surface area contributed by atoms with E-state index in [9.17, 15) is 22.8 Å². The summed E-state index contributed by atoms with van der Waals surface area (Å²) in [6, 6.07) is 23.9. The van der Waals surface area contributed by atoms with E-state index in [1.807, 2.05) is 0 Å². The lowest BCUT2D eigenvalue weighted by atomic mass is 10.0. The summed E-state index contributed by atoms with van der Waals surface area (Å²) < 4.78 is 51.8. The number of hydrogen-bond donors (Lipinski definition) is 0. The van der Waals surface area contributed by atoms with Crippen molar-refractivity contribution >= 4 is 28.0 Å². The van der Waals surface area contributed by atoms with Crippen LogP contribution >= 0.6 is 0 Å². The van der Waals surface area contributed by atoms with E-state index in [1.165, 1.54) is 36.4 Å². The van der Waals surface area contributed by atoms with Gasteiger partial charge in [0.05, 0.1) is 29.6 Å². The number of carbonyl (C=O) groups excluding carboxylic acids is 3. The van der Waals surface area contributed by atoms with Crippen molar-refractivity contribution in [3.8, 4) is 0 Å². The Balaban J connectivity index is 1.65. The lowest BCUT2D eigenvalue weighted by Crippen LogP contribution is -2.58. The molecular formula is C27H24O10S. The summed E-state index contributed by atoms with van der Waals surface area (Å²) in [5.74, 6) is -2.43. The molecule has 4 atom stereocenters. The summed E-state index contributed by atoms with van der Waals surface area (Å²) in [4.78, 5) is 38.5. The van der Waals surface area contributed by atoms with E-state index in [4.69, 9.17) is 23.1 Å². The second-order valence-corrected chi connectivity index (χ2v) is 9.88. The highest BCUT2D eigenvalue weighted by atomic mass is 32.2. The molecule has 11 heteroatoms. The van der Waals surface area contributed by atoms with E-state index in [-0.39, 0.29) is 23.3 Å². The Morgan fingerprint density at radius 1 is 0.658 bits per heavy atom. The first-order chi connectivity index (χ1) is 18.2. The first kappa shape index (κ1) is 27.0.